The molecule has 1 atom stereocenters. The molecule has 1 aromatic carbocycles. The molecule has 0 aromatic heterocycles. The predicted octanol–water partition coefficient (Wildman–Crippen LogP) is 2.53. The van der Waals surface area contributed by atoms with Gasteiger partial charge in [-0.25, -0.2) is 18.4 Å². The molecule has 176 valence electrons. The molecule has 10 heteroatoms. The number of nitrogens with one attached hydrogen (secondary N) is 3. The first-order chi connectivity index (χ1) is 15.6. The van der Waals surface area contributed by atoms with Crippen molar-refractivity contribution in [2.24, 2.45) is 17.8 Å². The number of hydrogen-bond acceptors (Lipinski definition) is 4. The van der Waals surface area contributed by atoms with Crippen molar-refractivity contribution in [2.45, 2.75) is 56.5 Å². The molecule has 6 rings (SSSR count). The number of imide groups is 2. The summed E-state index contributed by atoms with van der Waals surface area (Å²) in [6.45, 7) is 0.522. The third kappa shape index (κ3) is 3.75. The lowest BCUT2D eigenvalue weighted by molar-refractivity contribution is -0.134. The fourth-order valence-corrected chi connectivity index (χ4v) is 6.75. The van der Waals surface area contributed by atoms with Gasteiger partial charge in [0.05, 0.1) is 0 Å². The molecular formula is C23H26F2N4O4. The Hall–Kier alpha value is -3.04. The highest BCUT2D eigenvalue weighted by Crippen LogP contribution is 2.55. The minimum absolute atomic E-state index is 0.298. The normalized spacial score (nSPS) is 34.4. The van der Waals surface area contributed by atoms with Crippen LogP contribution in [0.15, 0.2) is 18.2 Å². The van der Waals surface area contributed by atoms with Crippen LogP contribution in [0.1, 0.15) is 51.0 Å². The second-order valence-corrected chi connectivity index (χ2v) is 10.3. The van der Waals surface area contributed by atoms with Crippen molar-refractivity contribution in [2.75, 3.05) is 6.54 Å². The van der Waals surface area contributed by atoms with Crippen LogP contribution in [0.4, 0.5) is 18.4 Å². The zero-order valence-corrected chi connectivity index (χ0v) is 18.2. The minimum Gasteiger partial charge on any atom is -0.332 e. The van der Waals surface area contributed by atoms with E-state index in [2.05, 4.69) is 16.0 Å². The number of amides is 6. The maximum Gasteiger partial charge on any atom is 0.325 e. The van der Waals surface area contributed by atoms with E-state index in [0.29, 0.717) is 22.7 Å². The van der Waals surface area contributed by atoms with Crippen molar-refractivity contribution >= 4 is 23.9 Å². The molecule has 1 heterocycles. The van der Waals surface area contributed by atoms with Crippen LogP contribution in [0, 0.1) is 29.4 Å². The SMILES string of the molecule is CC1(c2cc(F)ccc2F)NC(=O)N(CC(=O)NC(=O)NC23CC4CC(CC(C4)C2)C3)C1=O. The third-order valence-corrected chi connectivity index (χ3v) is 7.71. The molecular weight excluding hydrogens is 434 g/mol. The summed E-state index contributed by atoms with van der Waals surface area (Å²) in [6, 6.07) is 1.02. The van der Waals surface area contributed by atoms with E-state index >= 15 is 0 Å². The van der Waals surface area contributed by atoms with Crippen molar-refractivity contribution in [3.05, 3.63) is 35.4 Å². The van der Waals surface area contributed by atoms with E-state index in [-0.39, 0.29) is 11.1 Å². The van der Waals surface area contributed by atoms with Crippen LogP contribution in [-0.2, 0) is 15.1 Å². The third-order valence-electron chi connectivity index (χ3n) is 7.71. The Morgan fingerprint density at radius 1 is 1.09 bits per heavy atom. The van der Waals surface area contributed by atoms with Crippen LogP contribution in [-0.4, -0.2) is 40.9 Å². The standard InChI is InChI=1S/C23H26F2N4O4/c1-22(16-7-15(24)2-3-17(16)25)19(31)29(21(33)28-22)11-18(30)26-20(32)27-23-8-12-4-13(9-23)6-14(5-12)10-23/h2-3,7,12-14H,4-6,8-11H2,1H3,(H,28,33)(H2,26,27,30,32). The maximum absolute atomic E-state index is 14.3. The Balaban J connectivity index is 1.23. The van der Waals surface area contributed by atoms with Gasteiger partial charge in [0.2, 0.25) is 5.91 Å². The molecule has 8 nitrogen and oxygen atoms in total. The minimum atomic E-state index is -1.87. The molecule has 4 bridgehead atoms. The van der Waals surface area contributed by atoms with Crippen LogP contribution < -0.4 is 16.0 Å². The molecule has 5 fully saturated rings. The first-order valence-electron chi connectivity index (χ1n) is 11.3. The summed E-state index contributed by atoms with van der Waals surface area (Å²) in [5.74, 6) is -1.56. The predicted molar refractivity (Wildman–Crippen MR) is 112 cm³/mol. The Bertz CT molecular complexity index is 1030. The molecule has 1 aromatic rings. The zero-order chi connectivity index (χ0) is 23.5. The van der Waals surface area contributed by atoms with E-state index < -0.39 is 47.6 Å². The molecule has 6 amide bonds. The van der Waals surface area contributed by atoms with Gasteiger partial charge >= 0.3 is 12.1 Å². The average molecular weight is 460 g/mol. The molecule has 0 spiro atoms. The number of benzene rings is 1. The van der Waals surface area contributed by atoms with E-state index in [0.717, 1.165) is 37.5 Å². The Labute approximate surface area is 189 Å². The summed E-state index contributed by atoms with van der Waals surface area (Å²) in [5, 5.41) is 7.53. The smallest absolute Gasteiger partial charge is 0.325 e. The Kier molecular flexibility index (Phi) is 4.95. The Morgan fingerprint density at radius 3 is 2.30 bits per heavy atom. The number of rotatable bonds is 4. The van der Waals surface area contributed by atoms with E-state index in [4.69, 9.17) is 0 Å². The van der Waals surface area contributed by atoms with Crippen molar-refractivity contribution in [1.82, 2.24) is 20.9 Å². The van der Waals surface area contributed by atoms with Crippen molar-refractivity contribution in [1.29, 1.82) is 0 Å². The van der Waals surface area contributed by atoms with Crippen LogP contribution in [0.3, 0.4) is 0 Å². The monoisotopic (exact) mass is 460 g/mol. The van der Waals surface area contributed by atoms with Gasteiger partial charge < -0.3 is 10.6 Å². The van der Waals surface area contributed by atoms with E-state index in [1.54, 1.807) is 0 Å². The lowest BCUT2D eigenvalue weighted by atomic mass is 9.53. The number of hydrogen-bond donors (Lipinski definition) is 3. The fourth-order valence-electron chi connectivity index (χ4n) is 6.75. The molecule has 4 saturated carbocycles. The second-order valence-electron chi connectivity index (χ2n) is 10.3. The molecule has 1 saturated heterocycles. The lowest BCUT2D eigenvalue weighted by Crippen LogP contribution is -2.62. The van der Waals surface area contributed by atoms with Crippen molar-refractivity contribution < 1.29 is 28.0 Å². The molecule has 5 aliphatic rings. The molecule has 4 aliphatic carbocycles. The average Bonchev–Trinajstić information content (AvgIpc) is 2.92. The summed E-state index contributed by atoms with van der Waals surface area (Å²) in [7, 11) is 0. The first kappa shape index (κ1) is 21.8. The van der Waals surface area contributed by atoms with Crippen LogP contribution >= 0.6 is 0 Å². The second kappa shape index (κ2) is 7.50. The summed E-state index contributed by atoms with van der Waals surface area (Å²) >= 11 is 0. The number of nitrogens with zero attached hydrogens (tertiary/aromatic N) is 1. The van der Waals surface area contributed by atoms with E-state index in [1.807, 2.05) is 0 Å². The van der Waals surface area contributed by atoms with Crippen LogP contribution in [0.5, 0.6) is 0 Å². The van der Waals surface area contributed by atoms with E-state index in [9.17, 15) is 28.0 Å². The number of halogens is 2. The van der Waals surface area contributed by atoms with Gasteiger partial charge in [0.15, 0.2) is 0 Å². The van der Waals surface area contributed by atoms with Gasteiger partial charge in [-0.2, -0.15) is 0 Å². The van der Waals surface area contributed by atoms with Gasteiger partial charge in [0.25, 0.3) is 5.91 Å². The molecule has 1 aliphatic heterocycles. The number of carbonyl (C=O) groups excluding carboxylic acids is 4. The summed E-state index contributed by atoms with van der Waals surface area (Å²) in [5.41, 5.74) is -2.51. The summed E-state index contributed by atoms with van der Waals surface area (Å²) in [4.78, 5) is 50.9. The molecule has 33 heavy (non-hydrogen) atoms. The number of urea groups is 2. The van der Waals surface area contributed by atoms with Crippen LogP contribution in [0.2, 0.25) is 0 Å². The van der Waals surface area contributed by atoms with Crippen molar-refractivity contribution in [3.63, 3.8) is 0 Å². The van der Waals surface area contributed by atoms with Gasteiger partial charge in [0, 0.05) is 11.1 Å². The van der Waals surface area contributed by atoms with Gasteiger partial charge in [-0.15, -0.1) is 0 Å². The van der Waals surface area contributed by atoms with Crippen molar-refractivity contribution in [3.8, 4) is 0 Å². The summed E-state index contributed by atoms with van der Waals surface area (Å²) < 4.78 is 27.9. The molecule has 1 unspecified atom stereocenters. The highest BCUT2D eigenvalue weighted by atomic mass is 19.1. The van der Waals surface area contributed by atoms with Gasteiger partial charge in [-0.1, -0.05) is 0 Å². The Morgan fingerprint density at radius 2 is 1.70 bits per heavy atom. The first-order valence-corrected chi connectivity index (χ1v) is 11.3. The molecule has 3 N–H and O–H groups in total. The highest BCUT2D eigenvalue weighted by molar-refractivity contribution is 6.10. The van der Waals surface area contributed by atoms with Gasteiger partial charge in [0.1, 0.15) is 23.7 Å². The van der Waals surface area contributed by atoms with E-state index in [1.165, 1.54) is 26.2 Å². The van der Waals surface area contributed by atoms with Gasteiger partial charge in [-0.3, -0.25) is 19.8 Å². The quantitative estimate of drug-likeness (QED) is 0.600. The zero-order valence-electron chi connectivity index (χ0n) is 18.2. The van der Waals surface area contributed by atoms with Gasteiger partial charge in [-0.05, 0) is 81.4 Å². The van der Waals surface area contributed by atoms with Crippen LogP contribution in [0.25, 0.3) is 0 Å². The molecule has 0 radical (unpaired) electrons. The fraction of sp³-hybridized carbons (Fsp3) is 0.565. The lowest BCUT2D eigenvalue weighted by Gasteiger charge is -2.56. The number of carbonyl (C=O) groups is 4. The highest BCUT2D eigenvalue weighted by Gasteiger charge is 2.52. The maximum atomic E-state index is 14.3. The topological polar surface area (TPSA) is 108 Å². The largest absolute Gasteiger partial charge is 0.332 e. The summed E-state index contributed by atoms with van der Waals surface area (Å²) in [6.07, 6.45) is 6.34.